The summed E-state index contributed by atoms with van der Waals surface area (Å²) in [6.45, 7) is 0. The third-order valence-corrected chi connectivity index (χ3v) is 3.97. The lowest BCUT2D eigenvalue weighted by Gasteiger charge is -2.35. The molecule has 1 aromatic heterocycles. The molecule has 0 N–H and O–H groups in total. The fourth-order valence-electron chi connectivity index (χ4n) is 2.45. The number of carbonyl (C=O) groups is 1. The third-order valence-electron chi connectivity index (χ3n) is 3.50. The predicted molar refractivity (Wildman–Crippen MR) is 64.4 cm³/mol. The minimum Gasteiger partial charge on any atom is -0.322 e. The lowest BCUT2D eigenvalue weighted by molar-refractivity contribution is 0.196. The number of pyridine rings is 1. The van der Waals surface area contributed by atoms with Crippen molar-refractivity contribution in [3.05, 3.63) is 22.8 Å². The summed E-state index contributed by atoms with van der Waals surface area (Å²) in [5, 5.41) is 0. The van der Waals surface area contributed by atoms with Gasteiger partial charge in [-0.15, -0.1) is 0 Å². The van der Waals surface area contributed by atoms with E-state index in [0.29, 0.717) is 12.1 Å². The molecule has 84 valence electrons. The van der Waals surface area contributed by atoms with E-state index in [9.17, 15) is 4.79 Å². The maximum absolute atomic E-state index is 12.1. The molecule has 2 aliphatic rings. The standard InChI is InChI=1S/C11H12BrN3O/c1-14-8-3-4-9(8)15(11(14)16)10-5-2-7(12)6-13-10/h2,5-6,8-9H,3-4H2,1H3/t8-,9+/m0/s1. The number of likely N-dealkylation sites (N-methyl/N-ethyl adjacent to an activating group) is 1. The quantitative estimate of drug-likeness (QED) is 0.792. The van der Waals surface area contributed by atoms with Crippen LogP contribution in [-0.2, 0) is 0 Å². The van der Waals surface area contributed by atoms with E-state index in [1.807, 2.05) is 29.0 Å². The SMILES string of the molecule is CN1C(=O)N(c2ccc(Br)cn2)[C@@H]2CC[C@@H]21. The summed E-state index contributed by atoms with van der Waals surface area (Å²) in [4.78, 5) is 20.0. The van der Waals surface area contributed by atoms with Crippen LogP contribution in [-0.4, -0.2) is 35.0 Å². The Morgan fingerprint density at radius 3 is 2.62 bits per heavy atom. The first kappa shape index (κ1) is 10.1. The second-order valence-corrected chi connectivity index (χ2v) is 5.23. The summed E-state index contributed by atoms with van der Waals surface area (Å²) >= 11 is 3.35. The Morgan fingerprint density at radius 1 is 1.38 bits per heavy atom. The summed E-state index contributed by atoms with van der Waals surface area (Å²) in [5.74, 6) is 0.757. The van der Waals surface area contributed by atoms with Gasteiger partial charge in [-0.2, -0.15) is 0 Å². The molecule has 2 fully saturated rings. The average Bonchev–Trinajstić information content (AvgIpc) is 2.39. The minimum absolute atomic E-state index is 0.0716. The fourth-order valence-corrected chi connectivity index (χ4v) is 2.68. The van der Waals surface area contributed by atoms with Crippen LogP contribution in [0.15, 0.2) is 22.8 Å². The van der Waals surface area contributed by atoms with E-state index in [0.717, 1.165) is 23.1 Å². The van der Waals surface area contributed by atoms with Gasteiger partial charge in [0.2, 0.25) is 0 Å². The molecule has 0 bridgehead atoms. The van der Waals surface area contributed by atoms with Gasteiger partial charge in [0.25, 0.3) is 0 Å². The van der Waals surface area contributed by atoms with Crippen LogP contribution in [0.5, 0.6) is 0 Å². The van der Waals surface area contributed by atoms with Crippen molar-refractivity contribution in [3.8, 4) is 0 Å². The van der Waals surface area contributed by atoms with E-state index in [2.05, 4.69) is 20.9 Å². The number of nitrogens with zero attached hydrogens (tertiary/aromatic N) is 3. The first-order chi connectivity index (χ1) is 7.68. The number of fused-ring (bicyclic) bond motifs is 1. The molecule has 3 rings (SSSR count). The Bertz CT molecular complexity index is 433. The van der Waals surface area contributed by atoms with Gasteiger partial charge < -0.3 is 4.90 Å². The maximum atomic E-state index is 12.1. The van der Waals surface area contributed by atoms with Crippen LogP contribution in [0.4, 0.5) is 10.6 Å². The van der Waals surface area contributed by atoms with Gasteiger partial charge in [0.15, 0.2) is 0 Å². The van der Waals surface area contributed by atoms with Crippen molar-refractivity contribution in [2.75, 3.05) is 11.9 Å². The Morgan fingerprint density at radius 2 is 2.12 bits per heavy atom. The number of halogens is 1. The molecule has 0 aromatic carbocycles. The largest absolute Gasteiger partial charge is 0.326 e. The van der Waals surface area contributed by atoms with Gasteiger partial charge in [-0.05, 0) is 40.9 Å². The van der Waals surface area contributed by atoms with E-state index in [-0.39, 0.29) is 6.03 Å². The number of aromatic nitrogens is 1. The zero-order chi connectivity index (χ0) is 11.3. The lowest BCUT2D eigenvalue weighted by Crippen LogP contribution is -2.45. The molecule has 16 heavy (non-hydrogen) atoms. The number of urea groups is 1. The Labute approximate surface area is 102 Å². The summed E-state index contributed by atoms with van der Waals surface area (Å²) in [7, 11) is 1.87. The van der Waals surface area contributed by atoms with Crippen LogP contribution in [0.25, 0.3) is 0 Å². The van der Waals surface area contributed by atoms with Crippen LogP contribution in [0, 0.1) is 0 Å². The Hall–Kier alpha value is -1.10. The van der Waals surface area contributed by atoms with E-state index in [1.54, 1.807) is 6.20 Å². The lowest BCUT2D eigenvalue weighted by atomic mass is 9.86. The summed E-state index contributed by atoms with van der Waals surface area (Å²) in [6.07, 6.45) is 3.92. The van der Waals surface area contributed by atoms with Gasteiger partial charge in [0, 0.05) is 17.7 Å². The van der Waals surface area contributed by atoms with Crippen molar-refractivity contribution in [1.29, 1.82) is 0 Å². The van der Waals surface area contributed by atoms with Crippen molar-refractivity contribution in [2.45, 2.75) is 24.9 Å². The van der Waals surface area contributed by atoms with Crippen molar-refractivity contribution < 1.29 is 4.79 Å². The monoisotopic (exact) mass is 281 g/mol. The Balaban J connectivity index is 1.95. The summed E-state index contributed by atoms with van der Waals surface area (Å²) in [6, 6.07) is 4.59. The number of rotatable bonds is 1. The van der Waals surface area contributed by atoms with Gasteiger partial charge in [-0.25, -0.2) is 9.78 Å². The average molecular weight is 282 g/mol. The number of hydrogen-bond donors (Lipinski definition) is 0. The van der Waals surface area contributed by atoms with E-state index < -0.39 is 0 Å². The predicted octanol–water partition coefficient (Wildman–Crippen LogP) is 2.25. The van der Waals surface area contributed by atoms with Crippen LogP contribution in [0.3, 0.4) is 0 Å². The molecule has 2 atom stereocenters. The van der Waals surface area contributed by atoms with Crippen LogP contribution in [0.2, 0.25) is 0 Å². The normalized spacial score (nSPS) is 28.0. The van der Waals surface area contributed by atoms with Gasteiger partial charge in [0.1, 0.15) is 5.82 Å². The molecule has 2 heterocycles. The molecule has 0 unspecified atom stereocenters. The molecule has 2 amide bonds. The molecular weight excluding hydrogens is 270 g/mol. The van der Waals surface area contributed by atoms with Crippen molar-refractivity contribution in [1.82, 2.24) is 9.88 Å². The van der Waals surface area contributed by atoms with Gasteiger partial charge in [0.05, 0.1) is 12.1 Å². The highest BCUT2D eigenvalue weighted by Crippen LogP contribution is 2.38. The minimum atomic E-state index is 0.0716. The van der Waals surface area contributed by atoms with Crippen LogP contribution < -0.4 is 4.90 Å². The Kier molecular flexibility index (Phi) is 2.17. The van der Waals surface area contributed by atoms with Crippen molar-refractivity contribution in [3.63, 3.8) is 0 Å². The molecule has 1 aliphatic heterocycles. The van der Waals surface area contributed by atoms with E-state index >= 15 is 0 Å². The maximum Gasteiger partial charge on any atom is 0.326 e. The second kappa shape index (κ2) is 3.45. The van der Waals surface area contributed by atoms with Gasteiger partial charge in [-0.1, -0.05) is 0 Å². The van der Waals surface area contributed by atoms with Crippen molar-refractivity contribution >= 4 is 27.8 Å². The van der Waals surface area contributed by atoms with Gasteiger partial charge in [-0.3, -0.25) is 4.90 Å². The molecule has 5 heteroatoms. The first-order valence-corrected chi connectivity index (χ1v) is 6.15. The summed E-state index contributed by atoms with van der Waals surface area (Å²) < 4.78 is 0.932. The van der Waals surface area contributed by atoms with Crippen molar-refractivity contribution in [2.24, 2.45) is 0 Å². The molecule has 0 radical (unpaired) electrons. The summed E-state index contributed by atoms with van der Waals surface area (Å²) in [5.41, 5.74) is 0. The zero-order valence-corrected chi connectivity index (χ0v) is 10.5. The van der Waals surface area contributed by atoms with E-state index in [4.69, 9.17) is 0 Å². The van der Waals surface area contributed by atoms with Gasteiger partial charge >= 0.3 is 6.03 Å². The number of amides is 2. The highest BCUT2D eigenvalue weighted by atomic mass is 79.9. The first-order valence-electron chi connectivity index (χ1n) is 5.36. The highest BCUT2D eigenvalue weighted by molar-refractivity contribution is 9.10. The molecular formula is C11H12BrN3O. The highest BCUT2D eigenvalue weighted by Gasteiger charge is 2.50. The number of hydrogen-bond acceptors (Lipinski definition) is 2. The number of anilines is 1. The topological polar surface area (TPSA) is 36.4 Å². The van der Waals surface area contributed by atoms with Crippen LogP contribution >= 0.6 is 15.9 Å². The van der Waals surface area contributed by atoms with E-state index in [1.165, 1.54) is 0 Å². The molecule has 1 saturated carbocycles. The second-order valence-electron chi connectivity index (χ2n) is 4.31. The zero-order valence-electron chi connectivity index (χ0n) is 8.93. The smallest absolute Gasteiger partial charge is 0.322 e. The molecule has 0 spiro atoms. The fraction of sp³-hybridized carbons (Fsp3) is 0.455. The molecule has 1 aliphatic carbocycles. The molecule has 4 nitrogen and oxygen atoms in total. The number of carbonyl (C=O) groups excluding carboxylic acids is 1. The van der Waals surface area contributed by atoms with Crippen LogP contribution in [0.1, 0.15) is 12.8 Å². The third kappa shape index (κ3) is 1.27. The molecule has 1 saturated heterocycles. The molecule has 1 aromatic rings.